The number of hydrogen-bond acceptors (Lipinski definition) is 5. The quantitative estimate of drug-likeness (QED) is 0.399. The third kappa shape index (κ3) is 4.93. The minimum atomic E-state index is -0.834. The smallest absolute Gasteiger partial charge is 0.251 e. The normalized spacial score (nSPS) is 28.0. The first kappa shape index (κ1) is 29.7. The Morgan fingerprint density at radius 1 is 1.26 bits per heavy atom. The summed E-state index contributed by atoms with van der Waals surface area (Å²) < 4.78 is -0.757. The lowest BCUT2D eigenvalue weighted by molar-refractivity contribution is -0.145. The zero-order valence-electron chi connectivity index (χ0n) is 23.3. The van der Waals surface area contributed by atoms with Crippen molar-refractivity contribution in [3.8, 4) is 0 Å². The van der Waals surface area contributed by atoms with Crippen LogP contribution in [0, 0.1) is 24.7 Å². The number of anilines is 1. The number of likely N-dealkylation sites (N-methyl/N-ethyl adjacent to an activating group) is 1. The third-order valence-corrected chi connectivity index (χ3v) is 10.7. The third-order valence-electron chi connectivity index (χ3n) is 8.42. The number of para-hydroxylation sites is 1. The van der Waals surface area contributed by atoms with E-state index in [1.54, 1.807) is 51.7 Å². The molecule has 3 aliphatic heterocycles. The van der Waals surface area contributed by atoms with E-state index in [1.807, 2.05) is 32.9 Å². The van der Waals surface area contributed by atoms with Crippen LogP contribution in [0.15, 0.2) is 43.5 Å². The van der Waals surface area contributed by atoms with Gasteiger partial charge in [0, 0.05) is 25.4 Å². The molecule has 3 aliphatic rings. The minimum Gasteiger partial charge on any atom is -0.394 e. The number of nitrogens with zero attached hydrogens (tertiary/aromatic N) is 3. The molecular formula is C30H40ClN3O4S. The summed E-state index contributed by atoms with van der Waals surface area (Å²) in [4.78, 5) is 47.7. The highest BCUT2D eigenvalue weighted by atomic mass is 35.5. The van der Waals surface area contributed by atoms with Crippen LogP contribution in [0.2, 0.25) is 5.02 Å². The van der Waals surface area contributed by atoms with Gasteiger partial charge in [-0.15, -0.1) is 24.9 Å². The Labute approximate surface area is 241 Å². The topological polar surface area (TPSA) is 81.2 Å². The number of carbonyl (C=O) groups is 3. The van der Waals surface area contributed by atoms with Crippen molar-refractivity contribution in [2.75, 3.05) is 31.6 Å². The second-order valence-corrected chi connectivity index (χ2v) is 13.4. The van der Waals surface area contributed by atoms with E-state index in [-0.39, 0.29) is 42.0 Å². The number of rotatable bonds is 11. The molecule has 3 heterocycles. The molecule has 212 valence electrons. The first-order chi connectivity index (χ1) is 18.5. The second-order valence-electron chi connectivity index (χ2n) is 11.4. The van der Waals surface area contributed by atoms with Crippen LogP contribution in [0.3, 0.4) is 0 Å². The van der Waals surface area contributed by atoms with Crippen molar-refractivity contribution < 1.29 is 19.5 Å². The maximum Gasteiger partial charge on any atom is 0.251 e. The predicted molar refractivity (Wildman–Crippen MR) is 158 cm³/mol. The van der Waals surface area contributed by atoms with Gasteiger partial charge < -0.3 is 19.8 Å². The van der Waals surface area contributed by atoms with Gasteiger partial charge in [0.05, 0.1) is 39.9 Å². The number of amides is 3. The van der Waals surface area contributed by atoms with Crippen molar-refractivity contribution in [3.63, 3.8) is 0 Å². The Bertz CT molecular complexity index is 1140. The van der Waals surface area contributed by atoms with Crippen LogP contribution in [0.25, 0.3) is 0 Å². The number of aryl methyl sites for hydroxylation is 1. The molecule has 1 spiro atoms. The molecule has 0 saturated carbocycles. The SMILES string of the molecule is C=CCN(C)C(=O)[C@@H]1[C@@H]2CCC3(S2)C(C(=O)N(CC=C)c2c(C)cccc2Cl)N([C@@H](CO)CC(C)C)C(=O)[C@H]13. The van der Waals surface area contributed by atoms with Crippen LogP contribution in [-0.4, -0.2) is 81.5 Å². The van der Waals surface area contributed by atoms with E-state index in [1.165, 1.54) is 0 Å². The van der Waals surface area contributed by atoms with Gasteiger partial charge in [-0.2, -0.15) is 0 Å². The highest BCUT2D eigenvalue weighted by Gasteiger charge is 2.74. The Morgan fingerprint density at radius 2 is 1.95 bits per heavy atom. The first-order valence-electron chi connectivity index (χ1n) is 13.7. The summed E-state index contributed by atoms with van der Waals surface area (Å²) in [6.07, 6.45) is 5.29. The average molecular weight is 574 g/mol. The number of benzene rings is 1. The summed E-state index contributed by atoms with van der Waals surface area (Å²) in [6.45, 7) is 14.0. The summed E-state index contributed by atoms with van der Waals surface area (Å²) in [5.74, 6) is -1.50. The molecule has 3 amide bonds. The van der Waals surface area contributed by atoms with Crippen molar-refractivity contribution in [3.05, 3.63) is 54.1 Å². The van der Waals surface area contributed by atoms with E-state index in [2.05, 4.69) is 13.2 Å². The van der Waals surface area contributed by atoms with Crippen LogP contribution in [-0.2, 0) is 14.4 Å². The standard InChI is InChI=1S/C30H40ClN3O4S/c1-7-14-32(6)27(36)23-22-12-13-30(39-22)24(23)28(37)34(20(17-35)16-18(3)4)26(30)29(38)33(15-8-2)25-19(5)10-9-11-21(25)31/h7-11,18,20,22-24,26,35H,1-2,12-17H2,3-6H3/t20-,22+,23-,24+,26?,30?/m1/s1. The van der Waals surface area contributed by atoms with Gasteiger partial charge in [-0.25, -0.2) is 0 Å². The Balaban J connectivity index is 1.86. The highest BCUT2D eigenvalue weighted by Crippen LogP contribution is 2.67. The molecule has 3 saturated heterocycles. The summed E-state index contributed by atoms with van der Waals surface area (Å²) >= 11 is 8.27. The molecule has 2 unspecified atom stereocenters. The van der Waals surface area contributed by atoms with Gasteiger partial charge in [0.1, 0.15) is 6.04 Å². The molecule has 9 heteroatoms. The fourth-order valence-corrected chi connectivity index (χ4v) is 9.45. The van der Waals surface area contributed by atoms with Crippen LogP contribution >= 0.6 is 23.4 Å². The van der Waals surface area contributed by atoms with Crippen molar-refractivity contribution >= 4 is 46.8 Å². The molecule has 2 bridgehead atoms. The fourth-order valence-electron chi connectivity index (χ4n) is 6.94. The van der Waals surface area contributed by atoms with Crippen LogP contribution in [0.4, 0.5) is 5.69 Å². The number of thioether (sulfide) groups is 1. The number of hydrogen-bond donors (Lipinski definition) is 1. The van der Waals surface area contributed by atoms with Crippen molar-refractivity contribution in [1.29, 1.82) is 0 Å². The first-order valence-corrected chi connectivity index (χ1v) is 14.9. The number of fused-ring (bicyclic) bond motifs is 1. The summed E-state index contributed by atoms with van der Waals surface area (Å²) in [7, 11) is 1.73. The Hall–Kier alpha value is -2.29. The van der Waals surface area contributed by atoms with Crippen LogP contribution < -0.4 is 4.90 Å². The summed E-state index contributed by atoms with van der Waals surface area (Å²) in [5.41, 5.74) is 1.43. The second kappa shape index (κ2) is 11.7. The summed E-state index contributed by atoms with van der Waals surface area (Å²) in [5, 5.41) is 10.9. The molecule has 7 nitrogen and oxygen atoms in total. The largest absolute Gasteiger partial charge is 0.394 e. The van der Waals surface area contributed by atoms with E-state index in [4.69, 9.17) is 11.6 Å². The van der Waals surface area contributed by atoms with E-state index in [0.29, 0.717) is 30.1 Å². The summed E-state index contributed by atoms with van der Waals surface area (Å²) in [6, 6.07) is 4.12. The molecule has 39 heavy (non-hydrogen) atoms. The van der Waals surface area contributed by atoms with E-state index in [9.17, 15) is 19.5 Å². The van der Waals surface area contributed by atoms with Gasteiger partial charge in [-0.05, 0) is 43.7 Å². The van der Waals surface area contributed by atoms with Crippen molar-refractivity contribution in [2.24, 2.45) is 17.8 Å². The van der Waals surface area contributed by atoms with Crippen LogP contribution in [0.1, 0.15) is 38.7 Å². The predicted octanol–water partition coefficient (Wildman–Crippen LogP) is 4.31. The monoisotopic (exact) mass is 573 g/mol. The Kier molecular flexibility index (Phi) is 8.89. The molecule has 1 N–H and O–H groups in total. The lowest BCUT2D eigenvalue weighted by atomic mass is 9.70. The number of carbonyl (C=O) groups excluding carboxylic acids is 3. The molecule has 6 atom stereocenters. The van der Waals surface area contributed by atoms with Gasteiger partial charge in [0.25, 0.3) is 5.91 Å². The molecule has 4 rings (SSSR count). The van der Waals surface area contributed by atoms with Gasteiger partial charge in [0.2, 0.25) is 11.8 Å². The molecule has 0 aromatic heterocycles. The number of aliphatic hydroxyl groups excluding tert-OH is 1. The maximum atomic E-state index is 14.8. The number of likely N-dealkylation sites (tertiary alicyclic amines) is 1. The zero-order chi connectivity index (χ0) is 28.6. The zero-order valence-corrected chi connectivity index (χ0v) is 24.9. The van der Waals surface area contributed by atoms with Crippen LogP contribution in [0.5, 0.6) is 0 Å². The van der Waals surface area contributed by atoms with Gasteiger partial charge in [-0.1, -0.05) is 49.7 Å². The van der Waals surface area contributed by atoms with Gasteiger partial charge in [-0.3, -0.25) is 14.4 Å². The Morgan fingerprint density at radius 3 is 2.54 bits per heavy atom. The van der Waals surface area contributed by atoms with Gasteiger partial charge in [0.15, 0.2) is 0 Å². The van der Waals surface area contributed by atoms with E-state index >= 15 is 0 Å². The number of halogens is 1. The lowest BCUT2D eigenvalue weighted by Gasteiger charge is -2.40. The molecule has 1 aromatic carbocycles. The maximum absolute atomic E-state index is 14.8. The molecular weight excluding hydrogens is 534 g/mol. The molecule has 0 radical (unpaired) electrons. The van der Waals surface area contributed by atoms with Gasteiger partial charge >= 0.3 is 0 Å². The average Bonchev–Trinajstić information content (AvgIpc) is 3.53. The molecule has 3 fully saturated rings. The van der Waals surface area contributed by atoms with E-state index < -0.39 is 28.7 Å². The lowest BCUT2D eigenvalue weighted by Crippen LogP contribution is -2.58. The number of aliphatic hydroxyl groups is 1. The minimum absolute atomic E-state index is 0.0382. The molecule has 1 aromatic rings. The molecule has 0 aliphatic carbocycles. The van der Waals surface area contributed by atoms with Crippen molar-refractivity contribution in [1.82, 2.24) is 9.80 Å². The fraction of sp³-hybridized carbons (Fsp3) is 0.567. The van der Waals surface area contributed by atoms with E-state index in [0.717, 1.165) is 12.0 Å². The van der Waals surface area contributed by atoms with Crippen molar-refractivity contribution in [2.45, 2.75) is 62.1 Å². The highest BCUT2D eigenvalue weighted by molar-refractivity contribution is 8.02.